The average molecular weight is 527 g/mol. The predicted molar refractivity (Wildman–Crippen MR) is 120 cm³/mol. The number of carbonyl (C=O) groups excluding carboxylic acids is 2. The summed E-state index contributed by atoms with van der Waals surface area (Å²) < 4.78 is 29.4. The molecule has 9 nitrogen and oxygen atoms in total. The van der Waals surface area contributed by atoms with Gasteiger partial charge in [0.1, 0.15) is 23.4 Å². The Bertz CT molecular complexity index is 1110. The van der Waals surface area contributed by atoms with Crippen molar-refractivity contribution in [2.24, 2.45) is 0 Å². The minimum absolute atomic E-state index is 0.0380. The van der Waals surface area contributed by atoms with Crippen LogP contribution in [0.4, 0.5) is 19.3 Å². The lowest BCUT2D eigenvalue weighted by Crippen LogP contribution is -2.45. The summed E-state index contributed by atoms with van der Waals surface area (Å²) in [5.41, 5.74) is 1.64. The van der Waals surface area contributed by atoms with Gasteiger partial charge in [-0.3, -0.25) is 14.3 Å². The highest BCUT2D eigenvalue weighted by Crippen LogP contribution is 2.30. The lowest BCUT2D eigenvalue weighted by molar-refractivity contribution is -0.152. The van der Waals surface area contributed by atoms with E-state index in [0.717, 1.165) is 5.69 Å². The fourth-order valence-electron chi connectivity index (χ4n) is 4.19. The molecule has 1 aromatic heterocycles. The number of hydrogen-bond donors (Lipinski definition) is 1. The first kappa shape index (κ1) is 23.6. The minimum Gasteiger partial charge on any atom is -0.317 e. The van der Waals surface area contributed by atoms with Gasteiger partial charge in [-0.05, 0) is 43.0 Å². The van der Waals surface area contributed by atoms with Gasteiger partial charge in [-0.1, -0.05) is 0 Å². The SMILES string of the molecule is CC1Cc2nn3c(c2CN1C(=O)Nc1cc(Br)c(F)cc1F)C(=O)N(C)OC(CN(C)C)C3. The Morgan fingerprint density at radius 2 is 2.06 bits per heavy atom. The fraction of sp³-hybridized carbons (Fsp3) is 0.476. The number of nitrogens with one attached hydrogen (secondary N) is 1. The molecule has 0 saturated carbocycles. The highest BCUT2D eigenvalue weighted by Gasteiger charge is 2.37. The zero-order valence-corrected chi connectivity index (χ0v) is 20.3. The Morgan fingerprint density at radius 1 is 1.33 bits per heavy atom. The van der Waals surface area contributed by atoms with Crippen LogP contribution in [0.2, 0.25) is 0 Å². The van der Waals surface area contributed by atoms with Gasteiger partial charge in [-0.25, -0.2) is 18.6 Å². The summed E-state index contributed by atoms with van der Waals surface area (Å²) in [5, 5.41) is 8.38. The zero-order valence-electron chi connectivity index (χ0n) is 18.7. The maximum atomic E-state index is 14.2. The van der Waals surface area contributed by atoms with E-state index in [0.29, 0.717) is 36.8 Å². The topological polar surface area (TPSA) is 82.9 Å². The zero-order chi connectivity index (χ0) is 24.0. The maximum Gasteiger partial charge on any atom is 0.322 e. The molecule has 0 fully saturated rings. The molecule has 178 valence electrons. The van der Waals surface area contributed by atoms with Gasteiger partial charge >= 0.3 is 6.03 Å². The molecular formula is C21H25BrF2N6O3. The van der Waals surface area contributed by atoms with Gasteiger partial charge in [-0.2, -0.15) is 5.10 Å². The molecule has 2 aliphatic rings. The van der Waals surface area contributed by atoms with Gasteiger partial charge in [-0.15, -0.1) is 0 Å². The van der Waals surface area contributed by atoms with Crippen LogP contribution in [-0.4, -0.2) is 76.4 Å². The largest absolute Gasteiger partial charge is 0.322 e. The number of hydroxylamine groups is 2. The molecule has 0 bridgehead atoms. The molecule has 2 unspecified atom stereocenters. The summed E-state index contributed by atoms with van der Waals surface area (Å²) in [6.07, 6.45) is 0.169. The van der Waals surface area contributed by atoms with Crippen molar-refractivity contribution in [3.63, 3.8) is 0 Å². The van der Waals surface area contributed by atoms with E-state index in [4.69, 9.17) is 4.84 Å². The Balaban J connectivity index is 1.61. The molecule has 33 heavy (non-hydrogen) atoms. The average Bonchev–Trinajstić information content (AvgIpc) is 3.00. The van der Waals surface area contributed by atoms with Gasteiger partial charge < -0.3 is 15.1 Å². The first-order valence-electron chi connectivity index (χ1n) is 10.5. The second-order valence-electron chi connectivity index (χ2n) is 8.61. The van der Waals surface area contributed by atoms with Crippen molar-refractivity contribution in [3.8, 4) is 0 Å². The number of urea groups is 1. The molecule has 3 amide bonds. The second-order valence-corrected chi connectivity index (χ2v) is 9.46. The fourth-order valence-corrected chi connectivity index (χ4v) is 4.53. The number of halogens is 3. The molecule has 2 aromatic rings. The van der Waals surface area contributed by atoms with Crippen molar-refractivity contribution in [1.82, 2.24) is 24.6 Å². The third-order valence-electron chi connectivity index (χ3n) is 5.74. The maximum absolute atomic E-state index is 14.2. The normalized spacial score (nSPS) is 20.5. The van der Waals surface area contributed by atoms with Gasteiger partial charge in [0.05, 0.1) is 28.9 Å². The summed E-state index contributed by atoms with van der Waals surface area (Å²) in [5.74, 6) is -1.98. The number of fused-ring (bicyclic) bond motifs is 3. The first-order valence-corrected chi connectivity index (χ1v) is 11.2. The van der Waals surface area contributed by atoms with Crippen LogP contribution in [-0.2, 0) is 24.3 Å². The summed E-state index contributed by atoms with van der Waals surface area (Å²) in [6, 6.07) is 1.08. The Morgan fingerprint density at radius 3 is 2.76 bits per heavy atom. The summed E-state index contributed by atoms with van der Waals surface area (Å²) in [6.45, 7) is 2.98. The van der Waals surface area contributed by atoms with Crippen LogP contribution in [0.25, 0.3) is 0 Å². The number of benzene rings is 1. The van der Waals surface area contributed by atoms with Crippen LogP contribution in [0, 0.1) is 11.6 Å². The molecule has 1 N–H and O–H groups in total. The Kier molecular flexibility index (Phi) is 6.43. The van der Waals surface area contributed by atoms with E-state index in [2.05, 4.69) is 26.3 Å². The van der Waals surface area contributed by atoms with Gasteiger partial charge in [0, 0.05) is 37.7 Å². The van der Waals surface area contributed by atoms with Gasteiger partial charge in [0.25, 0.3) is 5.91 Å². The van der Waals surface area contributed by atoms with Crippen LogP contribution < -0.4 is 5.32 Å². The second kappa shape index (κ2) is 8.99. The van der Waals surface area contributed by atoms with Crippen LogP contribution in [0.3, 0.4) is 0 Å². The number of hydrogen-bond acceptors (Lipinski definition) is 5. The van der Waals surface area contributed by atoms with E-state index in [1.54, 1.807) is 11.7 Å². The number of likely N-dealkylation sites (N-methyl/N-ethyl adjacent to an activating group) is 1. The molecule has 1 aromatic carbocycles. The van der Waals surface area contributed by atoms with Crippen LogP contribution in [0.15, 0.2) is 16.6 Å². The standard InChI is InChI=1S/C21H25BrF2N6O3/c1-11-5-17-13(10-29(11)21(32)25-18-6-14(22)15(23)7-16(18)24)19-20(31)28(4)33-12(8-27(2)3)9-30(19)26-17/h6-7,11-12H,5,8-10H2,1-4H3,(H,25,32). The van der Waals surface area contributed by atoms with Crippen molar-refractivity contribution in [1.29, 1.82) is 0 Å². The summed E-state index contributed by atoms with van der Waals surface area (Å²) in [4.78, 5) is 35.3. The van der Waals surface area contributed by atoms with E-state index in [1.165, 1.54) is 16.0 Å². The monoisotopic (exact) mass is 526 g/mol. The van der Waals surface area contributed by atoms with Gasteiger partial charge in [0.2, 0.25) is 0 Å². The molecule has 2 atom stereocenters. The van der Waals surface area contributed by atoms with E-state index >= 15 is 0 Å². The third kappa shape index (κ3) is 4.59. The van der Waals surface area contributed by atoms with Crippen LogP contribution in [0.5, 0.6) is 0 Å². The summed E-state index contributed by atoms with van der Waals surface area (Å²) >= 11 is 3.00. The number of nitrogens with zero attached hydrogens (tertiary/aromatic N) is 5. The number of anilines is 1. The minimum atomic E-state index is -0.880. The number of amides is 3. The van der Waals surface area contributed by atoms with Crippen molar-refractivity contribution < 1.29 is 23.2 Å². The highest BCUT2D eigenvalue weighted by molar-refractivity contribution is 9.10. The van der Waals surface area contributed by atoms with Crippen molar-refractivity contribution in [3.05, 3.63) is 45.2 Å². The summed E-state index contributed by atoms with van der Waals surface area (Å²) in [7, 11) is 5.41. The molecule has 3 heterocycles. The molecule has 0 spiro atoms. The van der Waals surface area contributed by atoms with Crippen LogP contribution in [0.1, 0.15) is 28.7 Å². The number of carbonyl (C=O) groups is 2. The molecular weight excluding hydrogens is 502 g/mol. The van der Waals surface area contributed by atoms with Gasteiger partial charge in [0.15, 0.2) is 0 Å². The van der Waals surface area contributed by atoms with Crippen molar-refractivity contribution in [2.45, 2.75) is 38.6 Å². The van der Waals surface area contributed by atoms with Crippen molar-refractivity contribution >= 4 is 33.6 Å². The third-order valence-corrected chi connectivity index (χ3v) is 6.34. The number of aromatic nitrogens is 2. The van der Waals surface area contributed by atoms with Crippen LogP contribution >= 0.6 is 15.9 Å². The van der Waals surface area contributed by atoms with E-state index in [9.17, 15) is 18.4 Å². The molecule has 0 aliphatic carbocycles. The molecule has 0 saturated heterocycles. The molecule has 12 heteroatoms. The lowest BCUT2D eigenvalue weighted by Gasteiger charge is -2.33. The van der Waals surface area contributed by atoms with E-state index in [-0.39, 0.29) is 34.8 Å². The quantitative estimate of drug-likeness (QED) is 0.622. The van der Waals surface area contributed by atoms with E-state index < -0.39 is 17.7 Å². The van der Waals surface area contributed by atoms with Crippen molar-refractivity contribution in [2.75, 3.05) is 33.0 Å². The lowest BCUT2D eigenvalue weighted by atomic mass is 9.99. The Labute approximate surface area is 198 Å². The Hall–Kier alpha value is -2.57. The molecule has 4 rings (SSSR count). The number of rotatable bonds is 3. The first-order chi connectivity index (χ1) is 15.5. The van der Waals surface area contributed by atoms with E-state index in [1.807, 2.05) is 25.9 Å². The molecule has 0 radical (unpaired) electrons. The molecule has 2 aliphatic heterocycles. The highest BCUT2D eigenvalue weighted by atomic mass is 79.9. The predicted octanol–water partition coefficient (Wildman–Crippen LogP) is 2.85. The smallest absolute Gasteiger partial charge is 0.317 e.